The molecule has 0 fully saturated rings. The van der Waals surface area contributed by atoms with Crippen molar-refractivity contribution in [2.45, 2.75) is 0 Å². The van der Waals surface area contributed by atoms with E-state index in [0.29, 0.717) is 11.4 Å². The zero-order valence-electron chi connectivity index (χ0n) is 28.0. The topological polar surface area (TPSA) is 59.4 Å². The second-order valence-corrected chi connectivity index (χ2v) is 13.0. The van der Waals surface area contributed by atoms with E-state index in [0.717, 1.165) is 77.7 Å². The van der Waals surface area contributed by atoms with Gasteiger partial charge in [-0.1, -0.05) is 121 Å². The van der Waals surface area contributed by atoms with Crippen molar-refractivity contribution in [2.24, 2.45) is 0 Å². The van der Waals surface area contributed by atoms with Gasteiger partial charge in [0.2, 0.25) is 0 Å². The summed E-state index contributed by atoms with van der Waals surface area (Å²) in [5, 5.41) is 14.6. The fraction of sp³-hybridized carbons (Fsp3) is 0. The fourth-order valence-corrected chi connectivity index (χ4v) is 7.62. The van der Waals surface area contributed by atoms with Gasteiger partial charge in [0.05, 0.1) is 45.1 Å². The molecule has 5 heteroatoms. The average Bonchev–Trinajstić information content (AvgIpc) is 3.74. The van der Waals surface area contributed by atoms with Gasteiger partial charge in [0, 0.05) is 49.6 Å². The van der Waals surface area contributed by atoms with Crippen molar-refractivity contribution < 1.29 is 0 Å². The van der Waals surface area contributed by atoms with E-state index in [-0.39, 0.29) is 0 Å². The smallest absolute Gasteiger partial charge is 0.160 e. The van der Waals surface area contributed by atoms with Gasteiger partial charge < -0.3 is 9.13 Å². The molecule has 242 valence electrons. The molecule has 0 aliphatic carbocycles. The Morgan fingerprint density at radius 1 is 0.423 bits per heavy atom. The normalized spacial score (nSPS) is 11.4. The van der Waals surface area contributed by atoms with E-state index in [1.807, 2.05) is 60.7 Å². The van der Waals surface area contributed by atoms with Crippen LogP contribution in [-0.2, 0) is 0 Å². The summed E-state index contributed by atoms with van der Waals surface area (Å²) >= 11 is 0. The summed E-state index contributed by atoms with van der Waals surface area (Å²) in [6.07, 6.45) is 0. The molecule has 3 heterocycles. The van der Waals surface area contributed by atoms with Crippen LogP contribution < -0.4 is 0 Å². The highest BCUT2D eigenvalue weighted by molar-refractivity contribution is 6.26. The molecule has 0 aliphatic rings. The van der Waals surface area contributed by atoms with E-state index >= 15 is 0 Å². The summed E-state index contributed by atoms with van der Waals surface area (Å²) in [5.74, 6) is 0.674. The first-order chi connectivity index (χ1) is 25.7. The predicted molar refractivity (Wildman–Crippen MR) is 212 cm³/mol. The maximum atomic E-state index is 10.0. The molecule has 0 saturated heterocycles. The molecule has 7 aromatic carbocycles. The van der Waals surface area contributed by atoms with Crippen molar-refractivity contribution in [1.29, 1.82) is 5.26 Å². The highest BCUT2D eigenvalue weighted by atomic mass is 15.0. The van der Waals surface area contributed by atoms with Gasteiger partial charge in [-0.05, 0) is 54.6 Å². The highest BCUT2D eigenvalue weighted by Gasteiger charge is 2.21. The predicted octanol–water partition coefficient (Wildman–Crippen LogP) is 11.5. The Labute approximate surface area is 299 Å². The molecule has 5 nitrogen and oxygen atoms in total. The zero-order chi connectivity index (χ0) is 34.6. The van der Waals surface area contributed by atoms with Crippen LogP contribution in [0.3, 0.4) is 0 Å². The van der Waals surface area contributed by atoms with Crippen molar-refractivity contribution in [3.63, 3.8) is 0 Å². The first-order valence-corrected chi connectivity index (χ1v) is 17.3. The Bertz CT molecular complexity index is 2950. The minimum absolute atomic E-state index is 0.617. The number of fused-ring (bicyclic) bond motifs is 7. The van der Waals surface area contributed by atoms with Crippen molar-refractivity contribution in [1.82, 2.24) is 19.1 Å². The van der Waals surface area contributed by atoms with Gasteiger partial charge in [-0.15, -0.1) is 0 Å². The van der Waals surface area contributed by atoms with Crippen molar-refractivity contribution in [2.75, 3.05) is 0 Å². The van der Waals surface area contributed by atoms with Crippen LogP contribution in [0.2, 0.25) is 0 Å². The Morgan fingerprint density at radius 2 is 1.06 bits per heavy atom. The summed E-state index contributed by atoms with van der Waals surface area (Å²) < 4.78 is 4.68. The molecule has 0 unspecified atom stereocenters. The number of nitriles is 1. The summed E-state index contributed by atoms with van der Waals surface area (Å²) in [6, 6.07) is 63.0. The molecule has 0 atom stereocenters. The lowest BCUT2D eigenvalue weighted by molar-refractivity contribution is 1.16. The number of hydrogen-bond donors (Lipinski definition) is 0. The van der Waals surface area contributed by atoms with Crippen molar-refractivity contribution >= 4 is 43.6 Å². The van der Waals surface area contributed by atoms with E-state index in [4.69, 9.17) is 9.97 Å². The van der Waals surface area contributed by atoms with Crippen LogP contribution in [0.5, 0.6) is 0 Å². The van der Waals surface area contributed by atoms with Crippen LogP contribution in [0.25, 0.3) is 88.9 Å². The number of nitrogens with zero attached hydrogens (tertiary/aromatic N) is 5. The molecule has 10 aromatic rings. The molecule has 0 radical (unpaired) electrons. The second-order valence-electron chi connectivity index (χ2n) is 13.0. The molecule has 0 saturated carbocycles. The maximum absolute atomic E-state index is 10.0. The van der Waals surface area contributed by atoms with Crippen LogP contribution in [-0.4, -0.2) is 19.1 Å². The molecule has 0 aliphatic heterocycles. The molecule has 0 N–H and O–H groups in total. The van der Waals surface area contributed by atoms with Gasteiger partial charge >= 0.3 is 0 Å². The van der Waals surface area contributed by atoms with Crippen LogP contribution in [0.4, 0.5) is 0 Å². The number of aromatic nitrogens is 4. The van der Waals surface area contributed by atoms with E-state index in [2.05, 4.69) is 130 Å². The summed E-state index contributed by atoms with van der Waals surface area (Å²) in [6.45, 7) is 0. The molecule has 3 aromatic heterocycles. The minimum atomic E-state index is 0.617. The Kier molecular flexibility index (Phi) is 6.80. The standard InChI is InChI=1S/C47H29N5/c48-30-31-23-24-37-38-25-26-43-45(39-21-10-11-22-42(39)51(43)35-18-8-3-9-19-35)46(38)52(44(37)27-31)36-20-12-17-34(28-36)41-29-40(32-13-4-1-5-14-32)49-47(50-41)33-15-6-2-7-16-33/h1-29H. The lowest BCUT2D eigenvalue weighted by Gasteiger charge is -2.13. The lowest BCUT2D eigenvalue weighted by Crippen LogP contribution is -1.98. The van der Waals surface area contributed by atoms with Gasteiger partial charge in [-0.25, -0.2) is 9.97 Å². The van der Waals surface area contributed by atoms with E-state index in [1.165, 1.54) is 5.39 Å². The SMILES string of the molecule is N#Cc1ccc2c3ccc4c(c5ccccc5n4-c4ccccc4)c3n(-c3cccc(-c4cc(-c5ccccc5)nc(-c5ccccc5)n4)c3)c2c1. The Hall–Kier alpha value is -7.29. The Balaban J connectivity index is 1.27. The van der Waals surface area contributed by atoms with Gasteiger partial charge in [-0.3, -0.25) is 0 Å². The molecular weight excluding hydrogens is 635 g/mol. The summed E-state index contributed by atoms with van der Waals surface area (Å²) in [5.41, 5.74) is 11.7. The van der Waals surface area contributed by atoms with Gasteiger partial charge in [0.25, 0.3) is 0 Å². The van der Waals surface area contributed by atoms with E-state index < -0.39 is 0 Å². The van der Waals surface area contributed by atoms with Gasteiger partial charge in [0.1, 0.15) is 0 Å². The number of benzene rings is 7. The molecule has 52 heavy (non-hydrogen) atoms. The van der Waals surface area contributed by atoms with E-state index in [9.17, 15) is 5.26 Å². The third-order valence-electron chi connectivity index (χ3n) is 9.93. The van der Waals surface area contributed by atoms with Gasteiger partial charge in [-0.2, -0.15) is 5.26 Å². The highest BCUT2D eigenvalue weighted by Crippen LogP contribution is 2.42. The molecule has 0 amide bonds. The average molecular weight is 664 g/mol. The number of para-hydroxylation sites is 2. The minimum Gasteiger partial charge on any atom is -0.309 e. The molecule has 0 bridgehead atoms. The van der Waals surface area contributed by atoms with Crippen LogP contribution >= 0.6 is 0 Å². The first kappa shape index (κ1) is 29.6. The van der Waals surface area contributed by atoms with Crippen LogP contribution in [0.1, 0.15) is 5.56 Å². The zero-order valence-corrected chi connectivity index (χ0v) is 28.0. The third-order valence-corrected chi connectivity index (χ3v) is 9.93. The van der Waals surface area contributed by atoms with Gasteiger partial charge in [0.15, 0.2) is 5.82 Å². The van der Waals surface area contributed by atoms with Crippen molar-refractivity contribution in [3.05, 3.63) is 181 Å². The summed E-state index contributed by atoms with van der Waals surface area (Å²) in [4.78, 5) is 10.1. The molecule has 0 spiro atoms. The van der Waals surface area contributed by atoms with Crippen LogP contribution in [0, 0.1) is 11.3 Å². The van der Waals surface area contributed by atoms with Crippen LogP contribution in [0.15, 0.2) is 176 Å². The number of hydrogen-bond acceptors (Lipinski definition) is 3. The van der Waals surface area contributed by atoms with E-state index in [1.54, 1.807) is 0 Å². The molecule has 10 rings (SSSR count). The molecular formula is C47H29N5. The largest absolute Gasteiger partial charge is 0.309 e. The second kappa shape index (κ2) is 11.9. The number of rotatable bonds is 5. The quantitative estimate of drug-likeness (QED) is 0.184. The lowest BCUT2D eigenvalue weighted by atomic mass is 10.1. The summed E-state index contributed by atoms with van der Waals surface area (Å²) in [7, 11) is 0. The first-order valence-electron chi connectivity index (χ1n) is 17.3. The maximum Gasteiger partial charge on any atom is 0.160 e. The fourth-order valence-electron chi connectivity index (χ4n) is 7.62. The van der Waals surface area contributed by atoms with Crippen molar-refractivity contribution in [3.8, 4) is 51.3 Å². The Morgan fingerprint density at radius 3 is 1.83 bits per heavy atom. The monoisotopic (exact) mass is 663 g/mol. The third kappa shape index (κ3) is 4.70.